The van der Waals surface area contributed by atoms with Gasteiger partial charge in [-0.25, -0.2) is 14.8 Å². The lowest BCUT2D eigenvalue weighted by atomic mass is 9.95. The first-order valence-corrected chi connectivity index (χ1v) is 14.5. The van der Waals surface area contributed by atoms with Gasteiger partial charge >= 0.3 is 5.97 Å². The minimum Gasteiger partial charge on any atom is -0.488 e. The van der Waals surface area contributed by atoms with Crippen LogP contribution in [0.5, 0.6) is 17.2 Å². The van der Waals surface area contributed by atoms with Gasteiger partial charge < -0.3 is 19.1 Å². The Hall–Kier alpha value is -4.17. The number of rotatable bonds is 8. The Morgan fingerprint density at radius 2 is 1.73 bits per heavy atom. The van der Waals surface area contributed by atoms with Crippen LogP contribution in [0, 0.1) is 13.8 Å². The summed E-state index contributed by atoms with van der Waals surface area (Å²) < 4.78 is 14.5. The number of nitrogens with zero attached hydrogens (tertiary/aromatic N) is 3. The first kappa shape index (κ1) is 26.1. The van der Waals surface area contributed by atoms with Gasteiger partial charge in [0.1, 0.15) is 29.7 Å². The number of carboxylic acid groups (broad SMARTS) is 1. The maximum absolute atomic E-state index is 11.6. The summed E-state index contributed by atoms with van der Waals surface area (Å²) in [6.07, 6.45) is 5.83. The number of benzene rings is 3. The summed E-state index contributed by atoms with van der Waals surface area (Å²) >= 11 is 1.65. The van der Waals surface area contributed by atoms with Crippen LogP contribution < -0.4 is 9.47 Å². The molecule has 0 aliphatic heterocycles. The van der Waals surface area contributed by atoms with E-state index in [9.17, 15) is 9.90 Å². The lowest BCUT2D eigenvalue weighted by Gasteiger charge is -2.25. The van der Waals surface area contributed by atoms with E-state index in [1.165, 1.54) is 19.3 Å². The molecule has 1 saturated carbocycles. The summed E-state index contributed by atoms with van der Waals surface area (Å²) in [5.74, 6) is 2.06. The Balaban J connectivity index is 1.23. The maximum Gasteiger partial charge on any atom is 0.335 e. The standard InChI is InChI=1S/C32H31N3O4S/c1-20-30(40-21(2)33-20)19-38-26-9-6-10-27(18-26)39-25-14-11-22(12-15-25)31-34-28-17-23(32(36)37)13-16-29(28)35(31)24-7-4-3-5-8-24/h6,9-18,24H,3-5,7-8,19H2,1-2H3,(H,36,37). The van der Waals surface area contributed by atoms with Gasteiger partial charge in [-0.1, -0.05) is 25.3 Å². The smallest absolute Gasteiger partial charge is 0.335 e. The Bertz CT molecular complexity index is 1670. The third-order valence-electron chi connectivity index (χ3n) is 7.40. The molecule has 1 aliphatic carbocycles. The van der Waals surface area contributed by atoms with Crippen LogP contribution in [0.3, 0.4) is 0 Å². The van der Waals surface area contributed by atoms with E-state index in [2.05, 4.69) is 9.55 Å². The molecule has 2 aromatic heterocycles. The fourth-order valence-corrected chi connectivity index (χ4v) is 6.29. The van der Waals surface area contributed by atoms with Crippen molar-refractivity contribution in [2.45, 2.75) is 58.6 Å². The van der Waals surface area contributed by atoms with Gasteiger partial charge in [-0.05, 0) is 81.3 Å². The predicted molar refractivity (Wildman–Crippen MR) is 157 cm³/mol. The maximum atomic E-state index is 11.6. The van der Waals surface area contributed by atoms with E-state index in [1.807, 2.05) is 68.4 Å². The molecule has 1 N–H and O–H groups in total. The zero-order chi connectivity index (χ0) is 27.6. The summed E-state index contributed by atoms with van der Waals surface area (Å²) in [6, 6.07) is 21.1. The molecule has 0 saturated heterocycles. The quantitative estimate of drug-likeness (QED) is 0.208. The molecule has 0 unspecified atom stereocenters. The number of aromatic carboxylic acids is 1. The number of hydrogen-bond acceptors (Lipinski definition) is 6. The van der Waals surface area contributed by atoms with E-state index >= 15 is 0 Å². The zero-order valence-electron chi connectivity index (χ0n) is 22.6. The van der Waals surface area contributed by atoms with Gasteiger partial charge in [-0.2, -0.15) is 0 Å². The molecule has 5 aromatic rings. The number of carboxylic acids is 1. The van der Waals surface area contributed by atoms with Gasteiger partial charge in [0, 0.05) is 17.7 Å². The Morgan fingerprint density at radius 1 is 0.950 bits per heavy atom. The molecule has 2 heterocycles. The fourth-order valence-electron chi connectivity index (χ4n) is 5.44. The molecule has 0 bridgehead atoms. The summed E-state index contributed by atoms with van der Waals surface area (Å²) in [5.41, 5.74) is 3.92. The molecule has 204 valence electrons. The monoisotopic (exact) mass is 553 g/mol. The van der Waals surface area contributed by atoms with Crippen LogP contribution in [0.25, 0.3) is 22.4 Å². The van der Waals surface area contributed by atoms with E-state index in [0.717, 1.165) is 51.1 Å². The second kappa shape index (κ2) is 11.1. The number of carbonyl (C=O) groups is 1. The van der Waals surface area contributed by atoms with Crippen LogP contribution in [0.2, 0.25) is 0 Å². The average molecular weight is 554 g/mol. The van der Waals surface area contributed by atoms with Crippen molar-refractivity contribution in [3.8, 4) is 28.6 Å². The predicted octanol–water partition coefficient (Wildman–Crippen LogP) is 8.35. The molecule has 0 spiro atoms. The van der Waals surface area contributed by atoms with Crippen LogP contribution in [0.15, 0.2) is 66.7 Å². The van der Waals surface area contributed by atoms with Gasteiger partial charge in [-0.3, -0.25) is 0 Å². The number of hydrogen-bond donors (Lipinski definition) is 1. The molecule has 0 amide bonds. The highest BCUT2D eigenvalue weighted by molar-refractivity contribution is 7.11. The van der Waals surface area contributed by atoms with Gasteiger partial charge in [0.05, 0.1) is 32.2 Å². The van der Waals surface area contributed by atoms with Crippen molar-refractivity contribution < 1.29 is 19.4 Å². The third kappa shape index (κ3) is 5.45. The topological polar surface area (TPSA) is 86.5 Å². The van der Waals surface area contributed by atoms with Crippen molar-refractivity contribution in [1.82, 2.24) is 14.5 Å². The molecule has 8 heteroatoms. The molecular formula is C32H31N3O4S. The van der Waals surface area contributed by atoms with E-state index in [1.54, 1.807) is 23.5 Å². The molecular weight excluding hydrogens is 522 g/mol. The molecule has 3 aromatic carbocycles. The van der Waals surface area contributed by atoms with Crippen molar-refractivity contribution in [1.29, 1.82) is 0 Å². The van der Waals surface area contributed by atoms with Gasteiger partial charge in [0.15, 0.2) is 0 Å². The van der Waals surface area contributed by atoms with Crippen molar-refractivity contribution in [2.75, 3.05) is 0 Å². The van der Waals surface area contributed by atoms with Crippen molar-refractivity contribution in [3.05, 3.63) is 87.9 Å². The van der Waals surface area contributed by atoms with Crippen LogP contribution in [0.1, 0.15) is 64.1 Å². The lowest BCUT2D eigenvalue weighted by Crippen LogP contribution is -2.14. The Kier molecular flexibility index (Phi) is 7.26. The first-order valence-electron chi connectivity index (χ1n) is 13.6. The highest BCUT2D eigenvalue weighted by Crippen LogP contribution is 2.37. The molecule has 1 fully saturated rings. The van der Waals surface area contributed by atoms with Crippen molar-refractivity contribution in [2.24, 2.45) is 0 Å². The average Bonchev–Trinajstić information content (AvgIpc) is 3.51. The molecule has 40 heavy (non-hydrogen) atoms. The van der Waals surface area contributed by atoms with Gasteiger partial charge in [-0.15, -0.1) is 11.3 Å². The summed E-state index contributed by atoms with van der Waals surface area (Å²) in [4.78, 5) is 22.1. The Labute approximate surface area is 237 Å². The summed E-state index contributed by atoms with van der Waals surface area (Å²) in [6.45, 7) is 4.48. The van der Waals surface area contributed by atoms with Crippen LogP contribution >= 0.6 is 11.3 Å². The van der Waals surface area contributed by atoms with Crippen molar-refractivity contribution >= 4 is 28.3 Å². The Morgan fingerprint density at radius 3 is 2.45 bits per heavy atom. The molecule has 7 nitrogen and oxygen atoms in total. The largest absolute Gasteiger partial charge is 0.488 e. The highest BCUT2D eigenvalue weighted by Gasteiger charge is 2.23. The zero-order valence-corrected chi connectivity index (χ0v) is 23.4. The minimum absolute atomic E-state index is 0.250. The second-order valence-electron chi connectivity index (χ2n) is 10.2. The van der Waals surface area contributed by atoms with Gasteiger partial charge in [0.25, 0.3) is 0 Å². The number of thiazole rings is 1. The normalized spacial score (nSPS) is 13.9. The van der Waals surface area contributed by atoms with E-state index in [4.69, 9.17) is 14.5 Å². The molecule has 0 radical (unpaired) electrons. The van der Waals surface area contributed by atoms with Crippen LogP contribution in [-0.4, -0.2) is 25.6 Å². The van der Waals surface area contributed by atoms with Crippen LogP contribution in [-0.2, 0) is 6.61 Å². The van der Waals surface area contributed by atoms with E-state index in [-0.39, 0.29) is 5.56 Å². The van der Waals surface area contributed by atoms with Crippen molar-refractivity contribution in [3.63, 3.8) is 0 Å². The number of imidazole rings is 1. The van der Waals surface area contributed by atoms with E-state index in [0.29, 0.717) is 29.7 Å². The molecule has 0 atom stereocenters. The number of fused-ring (bicyclic) bond motifs is 1. The van der Waals surface area contributed by atoms with E-state index < -0.39 is 5.97 Å². The molecule has 1 aliphatic rings. The van der Waals surface area contributed by atoms with Crippen LogP contribution in [0.4, 0.5) is 0 Å². The lowest BCUT2D eigenvalue weighted by molar-refractivity contribution is 0.0697. The first-order chi connectivity index (χ1) is 19.4. The third-order valence-corrected chi connectivity index (χ3v) is 8.45. The van der Waals surface area contributed by atoms with Gasteiger partial charge in [0.2, 0.25) is 0 Å². The SMILES string of the molecule is Cc1nc(C)c(COc2cccc(Oc3ccc(-c4nc5cc(C(=O)O)ccc5n4C4CCCCC4)cc3)c2)s1. The highest BCUT2D eigenvalue weighted by atomic mass is 32.1. The number of aryl methyl sites for hydroxylation is 2. The summed E-state index contributed by atoms with van der Waals surface area (Å²) in [7, 11) is 0. The summed E-state index contributed by atoms with van der Waals surface area (Å²) in [5, 5.41) is 10.5. The number of aromatic nitrogens is 3. The minimum atomic E-state index is -0.944. The fraction of sp³-hybridized carbons (Fsp3) is 0.281. The molecule has 6 rings (SSSR count). The number of ether oxygens (including phenoxy) is 2. The second-order valence-corrected chi connectivity index (χ2v) is 11.5.